The van der Waals surface area contributed by atoms with E-state index in [0.29, 0.717) is 49.3 Å². The molecule has 13 rings (SSSR count). The van der Waals surface area contributed by atoms with Gasteiger partial charge in [0.05, 0.1) is 71.6 Å². The fourth-order valence-corrected chi connectivity index (χ4v) is 18.3. The van der Waals surface area contributed by atoms with Crippen LogP contribution in [0.4, 0.5) is 0 Å². The lowest BCUT2D eigenvalue weighted by Gasteiger charge is -2.35. The largest absolute Gasteiger partial charge is 0.366 e. The minimum absolute atomic E-state index is 0.218. The van der Waals surface area contributed by atoms with Crippen LogP contribution in [-0.2, 0) is 40.5 Å². The number of nitrogens with one attached hydrogen (secondary N) is 8. The third kappa shape index (κ3) is 16.8. The highest BCUT2D eigenvalue weighted by Crippen LogP contribution is 2.46. The molecule has 0 aromatic heterocycles. The van der Waals surface area contributed by atoms with Gasteiger partial charge in [-0.05, 0) is 147 Å². The van der Waals surface area contributed by atoms with Crippen LogP contribution in [0.1, 0.15) is 144 Å². The first-order valence-corrected chi connectivity index (χ1v) is 36.8. The molecule has 92 heavy (non-hydrogen) atoms. The van der Waals surface area contributed by atoms with Gasteiger partial charge in [0.25, 0.3) is 40.5 Å². The number of rotatable bonds is 8. The van der Waals surface area contributed by atoms with Crippen LogP contribution in [0.2, 0.25) is 0 Å². The standard InChI is InChI=1S/C32H56N8.4C7H7NO4S/c1-2-10-18-17(9-1)25-33-26(18)38-28-21-13-5-6-14-22(21)30(35-28)40-32-24-16-8-7-15-23(24)31(36-32)39-29-20-12-4-3-11-19(20)27(34-29)37-25;4*8-7(9)5-3-1-2-4-6(5)13(10,11)12/h17-40H,1-16H2;4*1-4H,(H2,8,9)(H,10,11,12). The number of carbonyl (C=O) groups excluding carboxylic acids is 4. The molecule has 0 spiro atoms. The van der Waals surface area contributed by atoms with E-state index < -0.39 is 83.7 Å². The van der Waals surface area contributed by atoms with Gasteiger partial charge in [0.2, 0.25) is 23.6 Å². The number of fused-ring (bicyclic) bond motifs is 20. The molecule has 9 fully saturated rings. The van der Waals surface area contributed by atoms with Crippen LogP contribution in [0, 0.1) is 47.3 Å². The highest BCUT2D eigenvalue weighted by Gasteiger charge is 2.54. The predicted molar refractivity (Wildman–Crippen MR) is 336 cm³/mol. The number of carbonyl (C=O) groups is 4. The van der Waals surface area contributed by atoms with E-state index in [0.717, 1.165) is 71.6 Å². The minimum atomic E-state index is -4.38. The first kappa shape index (κ1) is 70.4. The molecule has 0 radical (unpaired) electrons. The van der Waals surface area contributed by atoms with Gasteiger partial charge in [0.15, 0.2) is 0 Å². The van der Waals surface area contributed by atoms with Crippen LogP contribution in [0.5, 0.6) is 0 Å². The van der Waals surface area contributed by atoms with Crippen molar-refractivity contribution in [2.24, 2.45) is 70.3 Å². The molecule has 504 valence electrons. The van der Waals surface area contributed by atoms with Gasteiger partial charge in [-0.2, -0.15) is 33.7 Å². The van der Waals surface area contributed by atoms with Crippen molar-refractivity contribution < 1.29 is 71.1 Å². The lowest BCUT2D eigenvalue weighted by atomic mass is 9.76. The van der Waals surface area contributed by atoms with Crippen molar-refractivity contribution in [3.05, 3.63) is 119 Å². The summed E-state index contributed by atoms with van der Waals surface area (Å²) in [6.45, 7) is 0. The second-order valence-electron chi connectivity index (χ2n) is 24.9. The van der Waals surface area contributed by atoms with Crippen molar-refractivity contribution in [3.8, 4) is 0 Å². The van der Waals surface area contributed by atoms with E-state index in [1.54, 1.807) is 0 Å². The number of hydrogen-bond acceptors (Lipinski definition) is 20. The van der Waals surface area contributed by atoms with E-state index in [1.165, 1.54) is 176 Å². The van der Waals surface area contributed by atoms with E-state index >= 15 is 0 Å². The fourth-order valence-electron chi connectivity index (χ4n) is 15.6. The predicted octanol–water partition coefficient (Wildman–Crippen LogP) is 2.73. The Morgan fingerprint density at radius 1 is 0.272 bits per heavy atom. The summed E-state index contributed by atoms with van der Waals surface area (Å²) in [6.07, 6.45) is 25.6. The average Bonchev–Trinajstić information content (AvgIpc) is 1.60. The first-order valence-electron chi connectivity index (χ1n) is 31.0. The van der Waals surface area contributed by atoms with E-state index in [2.05, 4.69) is 42.5 Å². The third-order valence-electron chi connectivity index (χ3n) is 19.5. The van der Waals surface area contributed by atoms with E-state index in [-0.39, 0.29) is 22.3 Å². The molecule has 5 aliphatic heterocycles. The quantitative estimate of drug-likeness (QED) is 0.113. The molecular formula is C60H84N12O16S4. The van der Waals surface area contributed by atoms with Crippen LogP contribution >= 0.6 is 0 Å². The lowest BCUT2D eigenvalue weighted by molar-refractivity contribution is 0.0988. The Morgan fingerprint density at radius 3 is 0.511 bits per heavy atom. The number of hydrogen-bond donors (Lipinski definition) is 16. The summed E-state index contributed by atoms with van der Waals surface area (Å²) in [7, 11) is -17.5. The summed E-state index contributed by atoms with van der Waals surface area (Å²) in [5, 5.41) is 33.8. The van der Waals surface area contributed by atoms with Crippen molar-refractivity contribution in [2.45, 2.75) is 172 Å². The normalized spacial score (nSPS) is 31.3. The third-order valence-corrected chi connectivity index (χ3v) is 23.2. The number of primary amides is 4. The Morgan fingerprint density at radius 2 is 0.402 bits per heavy atom. The Bertz CT molecular complexity index is 3250. The summed E-state index contributed by atoms with van der Waals surface area (Å²) in [4.78, 5) is 41.0. The lowest BCUT2D eigenvalue weighted by Crippen LogP contribution is -2.61. The molecule has 8 atom stereocenters. The molecule has 28 nitrogen and oxygen atoms in total. The summed E-state index contributed by atoms with van der Waals surface area (Å²) in [5.41, 5.74) is 18.7. The maximum Gasteiger partial charge on any atom is 0.295 e. The molecule has 4 aromatic rings. The Balaban J connectivity index is 0.000000158. The zero-order chi connectivity index (χ0) is 66.5. The van der Waals surface area contributed by atoms with Gasteiger partial charge in [0, 0.05) is 0 Å². The highest BCUT2D eigenvalue weighted by atomic mass is 32.2. The zero-order valence-electron chi connectivity index (χ0n) is 50.4. The summed E-state index contributed by atoms with van der Waals surface area (Å²) < 4.78 is 120. The molecule has 20 N–H and O–H groups in total. The summed E-state index contributed by atoms with van der Waals surface area (Å²) in [6, 6.07) is 20.7. The number of amides is 4. The summed E-state index contributed by atoms with van der Waals surface area (Å²) in [5.74, 6) is 2.39. The average molecular weight is 1360 g/mol. The van der Waals surface area contributed by atoms with Crippen LogP contribution in [-0.4, -0.2) is 125 Å². The zero-order valence-corrected chi connectivity index (χ0v) is 53.7. The Kier molecular flexibility index (Phi) is 22.8. The van der Waals surface area contributed by atoms with Gasteiger partial charge in [-0.25, -0.2) is 0 Å². The van der Waals surface area contributed by atoms with Crippen LogP contribution < -0.4 is 65.5 Å². The molecule has 32 heteroatoms. The monoisotopic (exact) mass is 1360 g/mol. The first-order chi connectivity index (χ1) is 43.5. The smallest absolute Gasteiger partial charge is 0.295 e. The van der Waals surface area contributed by atoms with E-state index in [4.69, 9.17) is 41.1 Å². The Hall–Kier alpha value is -5.92. The SMILES string of the molecule is C1CCC2C3NC(NC4NC(NC5NC(NC6NC(N3)C3CCCCC63)C3CCCCC53)C3CCCCC43)C2C1.NC(=O)c1ccccc1S(=O)(=O)O.NC(=O)c1ccccc1S(=O)(=O)O.NC(=O)c1ccccc1S(=O)(=O)O.NC(=O)c1ccccc1S(=O)(=O)O. The molecule has 4 aromatic carbocycles. The van der Waals surface area contributed by atoms with Crippen LogP contribution in [0.25, 0.3) is 0 Å². The molecule has 5 saturated heterocycles. The van der Waals surface area contributed by atoms with Crippen molar-refractivity contribution in [3.63, 3.8) is 0 Å². The van der Waals surface area contributed by atoms with Crippen molar-refractivity contribution in [1.29, 1.82) is 0 Å². The highest BCUT2D eigenvalue weighted by molar-refractivity contribution is 7.86. The maximum atomic E-state index is 10.7. The van der Waals surface area contributed by atoms with Gasteiger partial charge in [0.1, 0.15) is 19.6 Å². The van der Waals surface area contributed by atoms with Gasteiger partial charge >= 0.3 is 0 Å². The molecule has 9 aliphatic rings. The van der Waals surface area contributed by atoms with Crippen LogP contribution in [0.3, 0.4) is 0 Å². The fraction of sp³-hybridized carbons (Fsp3) is 0.533. The molecule has 8 bridgehead atoms. The van der Waals surface area contributed by atoms with E-state index in [9.17, 15) is 52.8 Å². The molecule has 4 amide bonds. The van der Waals surface area contributed by atoms with Gasteiger partial charge in [-0.1, -0.05) is 99.9 Å². The molecular weight excluding hydrogens is 1270 g/mol. The molecule has 4 saturated carbocycles. The number of nitrogens with two attached hydrogens (primary N) is 4. The second kappa shape index (κ2) is 29.8. The van der Waals surface area contributed by atoms with Crippen molar-refractivity contribution in [1.82, 2.24) is 42.5 Å². The van der Waals surface area contributed by atoms with Crippen LogP contribution in [0.15, 0.2) is 117 Å². The summed E-state index contributed by atoms with van der Waals surface area (Å²) >= 11 is 0. The Labute approximate surface area is 536 Å². The minimum Gasteiger partial charge on any atom is -0.366 e. The van der Waals surface area contributed by atoms with Crippen molar-refractivity contribution in [2.75, 3.05) is 0 Å². The van der Waals surface area contributed by atoms with E-state index in [1.807, 2.05) is 0 Å². The van der Waals surface area contributed by atoms with Gasteiger partial charge in [-0.15, -0.1) is 0 Å². The van der Waals surface area contributed by atoms with Gasteiger partial charge < -0.3 is 22.9 Å². The second-order valence-corrected chi connectivity index (χ2v) is 30.5. The topological polar surface area (TPSA) is 486 Å². The molecule has 8 unspecified atom stereocenters. The maximum absolute atomic E-state index is 10.7. The van der Waals surface area contributed by atoms with Gasteiger partial charge in [-0.3, -0.25) is 79.9 Å². The number of benzene rings is 4. The molecule has 5 heterocycles. The molecule has 4 aliphatic carbocycles. The van der Waals surface area contributed by atoms with Crippen molar-refractivity contribution >= 4 is 64.1 Å².